The standard InChI is InChI=1S/C11H9F2NO2S2/c12-8-3-4-10(13)11(6-8)18(15,16)14-7-9-2-1-5-17-9/h1-6,14H,7H2. The third-order valence-electron chi connectivity index (χ3n) is 2.20. The Kier molecular flexibility index (Phi) is 3.74. The van der Waals surface area contributed by atoms with Gasteiger partial charge in [-0.2, -0.15) is 0 Å². The lowest BCUT2D eigenvalue weighted by atomic mass is 10.3. The normalized spacial score (nSPS) is 11.7. The van der Waals surface area contributed by atoms with Crippen LogP contribution in [0.5, 0.6) is 0 Å². The first kappa shape index (κ1) is 13.1. The summed E-state index contributed by atoms with van der Waals surface area (Å²) in [4.78, 5) is 0.106. The van der Waals surface area contributed by atoms with Gasteiger partial charge in [0.2, 0.25) is 10.0 Å². The van der Waals surface area contributed by atoms with E-state index in [1.807, 2.05) is 0 Å². The van der Waals surface area contributed by atoms with Gasteiger partial charge in [-0.05, 0) is 29.6 Å². The number of rotatable bonds is 4. The summed E-state index contributed by atoms with van der Waals surface area (Å²) in [5.74, 6) is -1.78. The Bertz CT molecular complexity index is 639. The van der Waals surface area contributed by atoms with Crippen LogP contribution in [0.25, 0.3) is 0 Å². The maximum absolute atomic E-state index is 13.3. The molecule has 1 aromatic heterocycles. The van der Waals surface area contributed by atoms with Crippen LogP contribution in [0.2, 0.25) is 0 Å². The summed E-state index contributed by atoms with van der Waals surface area (Å²) in [6, 6.07) is 5.83. The lowest BCUT2D eigenvalue weighted by Crippen LogP contribution is -2.23. The Morgan fingerprint density at radius 3 is 2.67 bits per heavy atom. The summed E-state index contributed by atoms with van der Waals surface area (Å²) >= 11 is 1.37. The molecule has 3 nitrogen and oxygen atoms in total. The molecule has 0 unspecified atom stereocenters. The van der Waals surface area contributed by atoms with Crippen LogP contribution < -0.4 is 4.72 Å². The van der Waals surface area contributed by atoms with Crippen LogP contribution in [0, 0.1) is 11.6 Å². The number of hydrogen-bond acceptors (Lipinski definition) is 3. The van der Waals surface area contributed by atoms with Crippen molar-refractivity contribution in [3.05, 3.63) is 52.2 Å². The number of sulfonamides is 1. The highest BCUT2D eigenvalue weighted by molar-refractivity contribution is 7.89. The molecule has 0 atom stereocenters. The Labute approximate surface area is 107 Å². The molecule has 96 valence electrons. The molecule has 2 aromatic rings. The number of hydrogen-bond donors (Lipinski definition) is 1. The average Bonchev–Trinajstić information content (AvgIpc) is 2.83. The van der Waals surface area contributed by atoms with E-state index in [2.05, 4.69) is 4.72 Å². The number of thiophene rings is 1. The molecule has 0 amide bonds. The van der Waals surface area contributed by atoms with Crippen molar-refractivity contribution < 1.29 is 17.2 Å². The smallest absolute Gasteiger partial charge is 0.207 e. The van der Waals surface area contributed by atoms with Crippen molar-refractivity contribution in [2.45, 2.75) is 11.4 Å². The van der Waals surface area contributed by atoms with E-state index < -0.39 is 26.6 Å². The van der Waals surface area contributed by atoms with Gasteiger partial charge in [0.05, 0.1) is 0 Å². The molecule has 0 saturated carbocycles. The molecule has 1 aromatic carbocycles. The number of nitrogens with one attached hydrogen (secondary N) is 1. The van der Waals surface area contributed by atoms with Crippen molar-refractivity contribution in [1.29, 1.82) is 0 Å². The highest BCUT2D eigenvalue weighted by atomic mass is 32.2. The second-order valence-electron chi connectivity index (χ2n) is 3.48. The van der Waals surface area contributed by atoms with Crippen LogP contribution in [-0.2, 0) is 16.6 Å². The molecule has 0 fully saturated rings. The summed E-state index contributed by atoms with van der Waals surface area (Å²) < 4.78 is 52.1. The minimum absolute atomic E-state index is 0.0515. The summed E-state index contributed by atoms with van der Waals surface area (Å²) in [5.41, 5.74) is 0. The molecule has 0 saturated heterocycles. The van der Waals surface area contributed by atoms with Crippen molar-refractivity contribution in [2.75, 3.05) is 0 Å². The van der Waals surface area contributed by atoms with Gasteiger partial charge in [-0.15, -0.1) is 11.3 Å². The predicted octanol–water partition coefficient (Wildman–Crippen LogP) is 2.50. The fourth-order valence-electron chi connectivity index (χ4n) is 1.34. The molecule has 0 radical (unpaired) electrons. The van der Waals surface area contributed by atoms with Crippen LogP contribution in [0.4, 0.5) is 8.78 Å². The fourth-order valence-corrected chi connectivity index (χ4v) is 3.17. The predicted molar refractivity (Wildman–Crippen MR) is 64.7 cm³/mol. The van der Waals surface area contributed by atoms with Crippen LogP contribution in [0.1, 0.15) is 4.88 Å². The van der Waals surface area contributed by atoms with Gasteiger partial charge in [-0.25, -0.2) is 21.9 Å². The largest absolute Gasteiger partial charge is 0.243 e. The zero-order chi connectivity index (χ0) is 13.2. The van der Waals surface area contributed by atoms with Gasteiger partial charge in [-0.3, -0.25) is 0 Å². The maximum atomic E-state index is 13.3. The highest BCUT2D eigenvalue weighted by Gasteiger charge is 2.19. The Balaban J connectivity index is 2.22. The molecule has 1 N–H and O–H groups in total. The van der Waals surface area contributed by atoms with Crippen molar-refractivity contribution in [1.82, 2.24) is 4.72 Å². The molecule has 1 heterocycles. The lowest BCUT2D eigenvalue weighted by Gasteiger charge is -2.06. The molecule has 0 bridgehead atoms. The van der Waals surface area contributed by atoms with Gasteiger partial charge in [-0.1, -0.05) is 6.07 Å². The maximum Gasteiger partial charge on any atom is 0.243 e. The Hall–Kier alpha value is -1.31. The van der Waals surface area contributed by atoms with Crippen molar-refractivity contribution in [2.24, 2.45) is 0 Å². The van der Waals surface area contributed by atoms with Crippen LogP contribution in [0.15, 0.2) is 40.6 Å². The molecular formula is C11H9F2NO2S2. The second kappa shape index (κ2) is 5.13. The number of benzene rings is 1. The highest BCUT2D eigenvalue weighted by Crippen LogP contribution is 2.16. The zero-order valence-electron chi connectivity index (χ0n) is 9.06. The van der Waals surface area contributed by atoms with Crippen LogP contribution >= 0.6 is 11.3 Å². The van der Waals surface area contributed by atoms with Gasteiger partial charge in [0, 0.05) is 11.4 Å². The van der Waals surface area contributed by atoms with E-state index in [4.69, 9.17) is 0 Å². The third-order valence-corrected chi connectivity index (χ3v) is 4.49. The summed E-state index contributed by atoms with van der Waals surface area (Å²) in [5, 5.41) is 1.80. The van der Waals surface area contributed by atoms with E-state index in [0.717, 1.165) is 17.0 Å². The zero-order valence-corrected chi connectivity index (χ0v) is 10.7. The first-order valence-corrected chi connectivity index (χ1v) is 7.32. The lowest BCUT2D eigenvalue weighted by molar-refractivity contribution is 0.546. The monoisotopic (exact) mass is 289 g/mol. The van der Waals surface area contributed by atoms with Gasteiger partial charge >= 0.3 is 0 Å². The molecule has 0 aliphatic carbocycles. The first-order valence-electron chi connectivity index (χ1n) is 4.96. The SMILES string of the molecule is O=S(=O)(NCc1cccs1)c1cc(F)ccc1F. The van der Waals surface area contributed by atoms with E-state index in [1.54, 1.807) is 17.5 Å². The Morgan fingerprint density at radius 2 is 2.00 bits per heavy atom. The first-order chi connectivity index (χ1) is 8.49. The van der Waals surface area contributed by atoms with E-state index in [1.165, 1.54) is 11.3 Å². The quantitative estimate of drug-likeness (QED) is 0.940. The molecular weight excluding hydrogens is 280 g/mol. The van der Waals surface area contributed by atoms with Crippen molar-refractivity contribution in [3.63, 3.8) is 0 Å². The van der Waals surface area contributed by atoms with E-state index in [0.29, 0.717) is 6.07 Å². The third kappa shape index (κ3) is 2.92. The summed E-state index contributed by atoms with van der Waals surface area (Å²) in [6.07, 6.45) is 0. The average molecular weight is 289 g/mol. The molecule has 0 aliphatic rings. The fraction of sp³-hybridized carbons (Fsp3) is 0.0909. The van der Waals surface area contributed by atoms with Crippen molar-refractivity contribution >= 4 is 21.4 Å². The molecule has 2 rings (SSSR count). The van der Waals surface area contributed by atoms with Gasteiger partial charge in [0.1, 0.15) is 16.5 Å². The van der Waals surface area contributed by atoms with E-state index >= 15 is 0 Å². The van der Waals surface area contributed by atoms with E-state index in [-0.39, 0.29) is 6.54 Å². The van der Waals surface area contributed by atoms with Crippen LogP contribution in [0.3, 0.4) is 0 Å². The van der Waals surface area contributed by atoms with Gasteiger partial charge in [0.15, 0.2) is 0 Å². The molecule has 7 heteroatoms. The Morgan fingerprint density at radius 1 is 1.22 bits per heavy atom. The summed E-state index contributed by atoms with van der Waals surface area (Å²) in [7, 11) is -4.05. The van der Waals surface area contributed by atoms with Gasteiger partial charge < -0.3 is 0 Å². The number of halogens is 2. The minimum atomic E-state index is -4.05. The molecule has 0 aliphatic heterocycles. The topological polar surface area (TPSA) is 46.2 Å². The van der Waals surface area contributed by atoms with Crippen molar-refractivity contribution in [3.8, 4) is 0 Å². The minimum Gasteiger partial charge on any atom is -0.207 e. The second-order valence-corrected chi connectivity index (χ2v) is 6.25. The van der Waals surface area contributed by atoms with E-state index in [9.17, 15) is 17.2 Å². The molecule has 18 heavy (non-hydrogen) atoms. The van der Waals surface area contributed by atoms with Gasteiger partial charge in [0.25, 0.3) is 0 Å². The van der Waals surface area contributed by atoms with Crippen LogP contribution in [-0.4, -0.2) is 8.42 Å². The molecule has 0 spiro atoms. The summed E-state index contributed by atoms with van der Waals surface area (Å²) in [6.45, 7) is 0.0515.